The fourth-order valence-corrected chi connectivity index (χ4v) is 4.77. The number of nitrogen functional groups attached to an aromatic ring is 1. The minimum atomic E-state index is -3.29. The molecule has 10 nitrogen and oxygen atoms in total. The minimum absolute atomic E-state index is 0.0657. The molecule has 2 aromatic heterocycles. The van der Waals surface area contributed by atoms with Gasteiger partial charge in [0.1, 0.15) is 15.2 Å². The van der Waals surface area contributed by atoms with Gasteiger partial charge >= 0.3 is 11.7 Å². The molecule has 2 heterocycles. The summed E-state index contributed by atoms with van der Waals surface area (Å²) in [6.07, 6.45) is 2.18. The molecule has 0 aliphatic carbocycles. The Hall–Kier alpha value is -3.21. The molecule has 0 bridgehead atoms. The third-order valence-corrected chi connectivity index (χ3v) is 7.14. The molecule has 1 aromatic carbocycles. The van der Waals surface area contributed by atoms with Gasteiger partial charge in [-0.3, -0.25) is 4.57 Å². The second kappa shape index (κ2) is 9.74. The van der Waals surface area contributed by atoms with Crippen molar-refractivity contribution in [1.29, 1.82) is 4.78 Å². The largest absolute Gasteiger partial charge is 0.382 e. The molecular weight excluding hydrogens is 442 g/mol. The summed E-state index contributed by atoms with van der Waals surface area (Å²) in [6.45, 7) is 6.40. The van der Waals surface area contributed by atoms with Gasteiger partial charge in [-0.05, 0) is 25.3 Å². The third kappa shape index (κ3) is 4.92. The van der Waals surface area contributed by atoms with E-state index in [4.69, 9.17) is 10.5 Å². The summed E-state index contributed by atoms with van der Waals surface area (Å²) in [6, 6.07) is 7.09. The number of unbranched alkanes of at least 4 members (excludes halogenated alkanes) is 1. The van der Waals surface area contributed by atoms with Crippen molar-refractivity contribution >= 4 is 32.7 Å². The maximum absolute atomic E-state index is 13.5. The number of nitrogens with one attached hydrogen (secondary N) is 1. The molecule has 0 radical (unpaired) electrons. The molecule has 0 aliphatic heterocycles. The second-order valence-corrected chi connectivity index (χ2v) is 10.3. The molecule has 178 valence electrons. The highest BCUT2D eigenvalue weighted by Crippen LogP contribution is 2.22. The molecule has 33 heavy (non-hydrogen) atoms. The lowest BCUT2D eigenvalue weighted by atomic mass is 10.1. The van der Waals surface area contributed by atoms with Gasteiger partial charge in [-0.25, -0.2) is 28.1 Å². The topological polar surface area (TPSA) is 140 Å². The molecule has 3 rings (SSSR count). The van der Waals surface area contributed by atoms with Crippen molar-refractivity contribution in [1.82, 2.24) is 24.0 Å². The number of rotatable bonds is 8. The predicted molar refractivity (Wildman–Crippen MR) is 129 cm³/mol. The molecule has 1 unspecified atom stereocenters. The number of carbonyl (C=O) groups excluding carboxylic acids is 1. The fraction of sp³-hybridized carbons (Fsp3) is 0.455. The first-order valence-corrected chi connectivity index (χ1v) is 12.7. The average molecular weight is 474 g/mol. The van der Waals surface area contributed by atoms with Gasteiger partial charge < -0.3 is 10.6 Å². The molecule has 1 atom stereocenters. The number of nitrogens with zero attached hydrogens (tertiary/aromatic N) is 5. The van der Waals surface area contributed by atoms with E-state index in [0.29, 0.717) is 13.0 Å². The Bertz CT molecular complexity index is 1320. The van der Waals surface area contributed by atoms with Gasteiger partial charge in [-0.15, -0.1) is 0 Å². The maximum atomic E-state index is 13.5. The number of hydrogen-bond donors (Lipinski definition) is 2. The number of aryl methyl sites for hydroxylation is 1. The standard InChI is InChI=1S/C22H31N7O3S/c1-5-7-12-27(4)21(30)29-17-18(23)25-20(33(24,32)13-6-2)26-19(17)28(22(29)31)14-16-10-8-15(3)9-11-16/h8-11,24H,5-7,12-14H2,1-4H3,(H2,23,25,26). The fourth-order valence-electron chi connectivity index (χ4n) is 3.53. The van der Waals surface area contributed by atoms with Crippen molar-refractivity contribution in [3.8, 4) is 0 Å². The van der Waals surface area contributed by atoms with Crippen LogP contribution in [-0.2, 0) is 16.3 Å². The number of anilines is 1. The SMILES string of the molecule is CCCCN(C)C(=O)n1c(=O)n(Cc2ccc(C)cc2)c2nc(S(=N)(=O)CCC)nc(N)c21. The van der Waals surface area contributed by atoms with Gasteiger partial charge in [0.05, 0.1) is 6.54 Å². The Morgan fingerprint density at radius 2 is 1.85 bits per heavy atom. The number of aromatic nitrogens is 4. The van der Waals surface area contributed by atoms with Crippen LogP contribution in [0.3, 0.4) is 0 Å². The molecular formula is C22H31N7O3S. The number of hydrogen-bond acceptors (Lipinski definition) is 7. The normalized spacial score (nSPS) is 13.2. The highest BCUT2D eigenvalue weighted by Gasteiger charge is 2.27. The van der Waals surface area contributed by atoms with Crippen molar-refractivity contribution in [3.05, 3.63) is 45.9 Å². The summed E-state index contributed by atoms with van der Waals surface area (Å²) in [5, 5.41) is -0.226. The van der Waals surface area contributed by atoms with E-state index in [0.717, 1.165) is 28.5 Å². The van der Waals surface area contributed by atoms with Crippen LogP contribution in [0.5, 0.6) is 0 Å². The Balaban J connectivity index is 2.26. The lowest BCUT2D eigenvalue weighted by Gasteiger charge is -2.17. The van der Waals surface area contributed by atoms with Crippen LogP contribution in [0.15, 0.2) is 34.2 Å². The van der Waals surface area contributed by atoms with E-state index in [2.05, 4.69) is 9.97 Å². The number of fused-ring (bicyclic) bond motifs is 1. The smallest absolute Gasteiger partial charge is 0.339 e. The van der Waals surface area contributed by atoms with Crippen LogP contribution in [0.25, 0.3) is 11.2 Å². The van der Waals surface area contributed by atoms with E-state index in [9.17, 15) is 13.8 Å². The van der Waals surface area contributed by atoms with E-state index in [-0.39, 0.29) is 34.4 Å². The van der Waals surface area contributed by atoms with Gasteiger partial charge in [-0.1, -0.05) is 50.1 Å². The molecule has 0 aliphatic rings. The van der Waals surface area contributed by atoms with Gasteiger partial charge in [0.15, 0.2) is 11.5 Å². The Kier molecular flexibility index (Phi) is 7.21. The first-order chi connectivity index (χ1) is 15.6. The first kappa shape index (κ1) is 24.4. The van der Waals surface area contributed by atoms with E-state index in [1.165, 1.54) is 9.47 Å². The van der Waals surface area contributed by atoms with Crippen molar-refractivity contribution in [2.45, 2.75) is 51.7 Å². The van der Waals surface area contributed by atoms with Crippen molar-refractivity contribution in [3.63, 3.8) is 0 Å². The Morgan fingerprint density at radius 3 is 2.45 bits per heavy atom. The summed E-state index contributed by atoms with van der Waals surface area (Å²) in [4.78, 5) is 36.5. The van der Waals surface area contributed by atoms with Crippen LogP contribution < -0.4 is 11.4 Å². The zero-order chi connectivity index (χ0) is 24.3. The van der Waals surface area contributed by atoms with E-state index in [1.807, 2.05) is 45.0 Å². The Labute approximate surface area is 193 Å². The summed E-state index contributed by atoms with van der Waals surface area (Å²) >= 11 is 0. The van der Waals surface area contributed by atoms with Gasteiger partial charge in [0.25, 0.3) is 0 Å². The van der Waals surface area contributed by atoms with Crippen LogP contribution in [-0.4, -0.2) is 53.6 Å². The zero-order valence-electron chi connectivity index (χ0n) is 19.5. The number of carbonyl (C=O) groups is 1. The third-order valence-electron chi connectivity index (χ3n) is 5.39. The second-order valence-electron chi connectivity index (χ2n) is 8.19. The van der Waals surface area contributed by atoms with Crippen LogP contribution in [0.4, 0.5) is 10.6 Å². The number of nitrogens with two attached hydrogens (primary N) is 1. The van der Waals surface area contributed by atoms with Crippen molar-refractivity contribution < 1.29 is 9.00 Å². The molecule has 0 fully saturated rings. The van der Waals surface area contributed by atoms with E-state index in [1.54, 1.807) is 7.05 Å². The molecule has 1 amide bonds. The molecule has 3 N–H and O–H groups in total. The molecule has 0 saturated heterocycles. The van der Waals surface area contributed by atoms with Crippen molar-refractivity contribution in [2.75, 3.05) is 25.1 Å². The average Bonchev–Trinajstić information content (AvgIpc) is 3.05. The van der Waals surface area contributed by atoms with Crippen LogP contribution in [0, 0.1) is 11.7 Å². The molecule has 0 saturated carbocycles. The highest BCUT2D eigenvalue weighted by molar-refractivity contribution is 7.92. The van der Waals surface area contributed by atoms with E-state index < -0.39 is 21.4 Å². The van der Waals surface area contributed by atoms with Gasteiger partial charge in [0, 0.05) is 19.3 Å². The highest BCUT2D eigenvalue weighted by atomic mass is 32.2. The van der Waals surface area contributed by atoms with Crippen LogP contribution in [0.2, 0.25) is 0 Å². The summed E-state index contributed by atoms with van der Waals surface area (Å²) in [5.74, 6) is -0.0809. The zero-order valence-corrected chi connectivity index (χ0v) is 20.3. The maximum Gasteiger partial charge on any atom is 0.339 e. The molecule has 11 heteroatoms. The molecule has 3 aromatic rings. The van der Waals surface area contributed by atoms with Crippen LogP contribution >= 0.6 is 0 Å². The van der Waals surface area contributed by atoms with Gasteiger partial charge in [0.2, 0.25) is 5.16 Å². The summed E-state index contributed by atoms with van der Waals surface area (Å²) in [7, 11) is -1.67. The number of imidazole rings is 1. The quantitative estimate of drug-likeness (QED) is 0.482. The van der Waals surface area contributed by atoms with Gasteiger partial charge in [-0.2, -0.15) is 4.98 Å². The van der Waals surface area contributed by atoms with Crippen LogP contribution in [0.1, 0.15) is 44.2 Å². The summed E-state index contributed by atoms with van der Waals surface area (Å²) in [5.41, 5.74) is 7.63. The predicted octanol–water partition coefficient (Wildman–Crippen LogP) is 3.05. The lowest BCUT2D eigenvalue weighted by Crippen LogP contribution is -2.38. The number of benzene rings is 1. The van der Waals surface area contributed by atoms with E-state index >= 15 is 0 Å². The number of amides is 1. The first-order valence-electron chi connectivity index (χ1n) is 11.0. The van der Waals surface area contributed by atoms with Crippen molar-refractivity contribution in [2.24, 2.45) is 0 Å². The lowest BCUT2D eigenvalue weighted by molar-refractivity contribution is 0.210. The Morgan fingerprint density at radius 1 is 1.18 bits per heavy atom. The minimum Gasteiger partial charge on any atom is -0.382 e. The summed E-state index contributed by atoms with van der Waals surface area (Å²) < 4.78 is 23.4. The monoisotopic (exact) mass is 473 g/mol. The molecule has 0 spiro atoms.